The fourth-order valence-corrected chi connectivity index (χ4v) is 3.22. The van der Waals surface area contributed by atoms with Crippen LogP contribution in [-0.4, -0.2) is 38.3 Å². The average molecular weight is 355 g/mol. The number of hydrogen-bond donors (Lipinski definition) is 2. The van der Waals surface area contributed by atoms with E-state index in [9.17, 15) is 4.39 Å². The maximum atomic E-state index is 13.9. The van der Waals surface area contributed by atoms with E-state index in [4.69, 9.17) is 9.47 Å². The van der Waals surface area contributed by atoms with Crippen LogP contribution in [-0.2, 0) is 0 Å². The molecule has 0 saturated heterocycles. The highest BCUT2D eigenvalue weighted by Crippen LogP contribution is 2.41. The van der Waals surface area contributed by atoms with Crippen molar-refractivity contribution in [3.05, 3.63) is 59.9 Å². The van der Waals surface area contributed by atoms with Gasteiger partial charge in [-0.3, -0.25) is 4.99 Å². The maximum Gasteiger partial charge on any atom is 0.191 e. The van der Waals surface area contributed by atoms with Gasteiger partial charge in [-0.2, -0.15) is 0 Å². The molecule has 2 N–H and O–H groups in total. The van der Waals surface area contributed by atoms with Crippen molar-refractivity contribution in [3.63, 3.8) is 0 Å². The molecule has 1 fully saturated rings. The van der Waals surface area contributed by atoms with Gasteiger partial charge in [0.2, 0.25) is 0 Å². The number of fused-ring (bicyclic) bond motifs is 1. The first kappa shape index (κ1) is 16.7. The number of nitrogens with one attached hydrogen (secondary N) is 2. The normalized spacial score (nSPS) is 24.1. The zero-order valence-corrected chi connectivity index (χ0v) is 14.6. The van der Waals surface area contributed by atoms with Gasteiger partial charge in [0.05, 0.1) is 6.54 Å². The fourth-order valence-electron chi connectivity index (χ4n) is 3.22. The van der Waals surface area contributed by atoms with Crippen LogP contribution >= 0.6 is 0 Å². The van der Waals surface area contributed by atoms with Gasteiger partial charge in [-0.1, -0.05) is 30.3 Å². The van der Waals surface area contributed by atoms with Gasteiger partial charge in [-0.25, -0.2) is 4.39 Å². The summed E-state index contributed by atoms with van der Waals surface area (Å²) in [6.07, 6.45) is 0.808. The Morgan fingerprint density at radius 3 is 2.73 bits per heavy atom. The Hall–Kier alpha value is -2.76. The number of aliphatic imine (C=N–C) groups is 1. The molecule has 0 aromatic heterocycles. The predicted octanol–water partition coefficient (Wildman–Crippen LogP) is 2.69. The van der Waals surface area contributed by atoms with Crippen LogP contribution in [0.3, 0.4) is 0 Å². The van der Waals surface area contributed by atoms with Crippen molar-refractivity contribution in [2.45, 2.75) is 24.5 Å². The summed E-state index contributed by atoms with van der Waals surface area (Å²) in [6, 6.07) is 14.8. The molecule has 2 aromatic rings. The zero-order chi connectivity index (χ0) is 17.9. The average Bonchev–Trinajstić information content (AvgIpc) is 3.44. The first-order chi connectivity index (χ1) is 12.7. The maximum absolute atomic E-state index is 13.9. The van der Waals surface area contributed by atoms with Gasteiger partial charge < -0.3 is 20.1 Å². The highest BCUT2D eigenvalue weighted by Gasteiger charge is 2.40. The van der Waals surface area contributed by atoms with Crippen molar-refractivity contribution in [2.75, 3.05) is 20.2 Å². The Labute approximate surface area is 152 Å². The van der Waals surface area contributed by atoms with Gasteiger partial charge in [0, 0.05) is 19.0 Å². The lowest BCUT2D eigenvalue weighted by Gasteiger charge is -2.27. The Morgan fingerprint density at radius 2 is 1.92 bits per heavy atom. The molecule has 136 valence electrons. The third kappa shape index (κ3) is 3.59. The van der Waals surface area contributed by atoms with Crippen molar-refractivity contribution < 1.29 is 13.9 Å². The number of ether oxygens (including phenoxy) is 2. The third-order valence-electron chi connectivity index (χ3n) is 4.71. The standard InChI is InChI=1S/C20H22FN3O2/c1-22-20(24-17-10-15(17)14-6-2-3-7-16(14)21)23-11-13-12-25-18-8-4-5-9-19(18)26-13/h2-9,13,15,17H,10-12H2,1H3,(H2,22,23,24). The lowest BCUT2D eigenvalue weighted by Crippen LogP contribution is -2.46. The molecule has 3 atom stereocenters. The molecule has 0 radical (unpaired) electrons. The molecule has 1 heterocycles. The lowest BCUT2D eigenvalue weighted by molar-refractivity contribution is 0.0936. The minimum atomic E-state index is -0.142. The molecular formula is C20H22FN3O2. The highest BCUT2D eigenvalue weighted by atomic mass is 19.1. The van der Waals surface area contributed by atoms with Crippen molar-refractivity contribution in [2.24, 2.45) is 4.99 Å². The van der Waals surface area contributed by atoms with Crippen LogP contribution in [0.2, 0.25) is 0 Å². The van der Waals surface area contributed by atoms with Crippen LogP contribution in [0.1, 0.15) is 17.9 Å². The molecule has 5 nitrogen and oxygen atoms in total. The number of para-hydroxylation sites is 2. The number of hydrogen-bond acceptors (Lipinski definition) is 3. The Bertz CT molecular complexity index is 811. The molecule has 3 unspecified atom stereocenters. The predicted molar refractivity (Wildman–Crippen MR) is 98.4 cm³/mol. The molecule has 0 spiro atoms. The van der Waals surface area contributed by atoms with E-state index in [0.29, 0.717) is 19.1 Å². The van der Waals surface area contributed by atoms with Gasteiger partial charge in [0.15, 0.2) is 17.5 Å². The summed E-state index contributed by atoms with van der Waals surface area (Å²) in [5.41, 5.74) is 0.765. The monoisotopic (exact) mass is 355 g/mol. The topological polar surface area (TPSA) is 54.9 Å². The van der Waals surface area contributed by atoms with Crippen molar-refractivity contribution >= 4 is 5.96 Å². The molecule has 26 heavy (non-hydrogen) atoms. The van der Waals surface area contributed by atoms with Gasteiger partial charge in [-0.15, -0.1) is 0 Å². The molecule has 2 aromatic carbocycles. The number of nitrogens with zero attached hydrogens (tertiary/aromatic N) is 1. The second-order valence-corrected chi connectivity index (χ2v) is 6.57. The molecule has 2 aliphatic rings. The summed E-state index contributed by atoms with van der Waals surface area (Å²) < 4.78 is 25.5. The van der Waals surface area contributed by atoms with Crippen LogP contribution in [0.15, 0.2) is 53.5 Å². The molecule has 0 bridgehead atoms. The van der Waals surface area contributed by atoms with E-state index in [1.54, 1.807) is 13.1 Å². The number of rotatable bonds is 4. The molecule has 4 rings (SSSR count). The van der Waals surface area contributed by atoms with Crippen LogP contribution in [0.5, 0.6) is 11.5 Å². The summed E-state index contributed by atoms with van der Waals surface area (Å²) in [5.74, 6) is 2.27. The van der Waals surface area contributed by atoms with E-state index in [0.717, 1.165) is 23.5 Å². The fraction of sp³-hybridized carbons (Fsp3) is 0.350. The number of benzene rings is 2. The van der Waals surface area contributed by atoms with E-state index < -0.39 is 0 Å². The Kier molecular flexibility index (Phi) is 4.65. The van der Waals surface area contributed by atoms with Crippen LogP contribution in [0.25, 0.3) is 0 Å². The largest absolute Gasteiger partial charge is 0.486 e. The minimum Gasteiger partial charge on any atom is -0.486 e. The van der Waals surface area contributed by atoms with E-state index >= 15 is 0 Å². The summed E-state index contributed by atoms with van der Waals surface area (Å²) in [5, 5.41) is 6.62. The zero-order valence-electron chi connectivity index (χ0n) is 14.6. The first-order valence-corrected chi connectivity index (χ1v) is 8.84. The summed E-state index contributed by atoms with van der Waals surface area (Å²) in [4.78, 5) is 4.25. The van der Waals surface area contributed by atoms with E-state index in [1.807, 2.05) is 36.4 Å². The minimum absolute atomic E-state index is 0.0926. The summed E-state index contributed by atoms with van der Waals surface area (Å²) in [6.45, 7) is 1.06. The number of halogens is 1. The van der Waals surface area contributed by atoms with Crippen molar-refractivity contribution in [1.82, 2.24) is 10.6 Å². The second kappa shape index (κ2) is 7.23. The Balaban J connectivity index is 1.28. The van der Waals surface area contributed by atoms with Gasteiger partial charge in [0.1, 0.15) is 18.5 Å². The molecular weight excluding hydrogens is 333 g/mol. The lowest BCUT2D eigenvalue weighted by atomic mass is 10.1. The van der Waals surface area contributed by atoms with Crippen LogP contribution < -0.4 is 20.1 Å². The third-order valence-corrected chi connectivity index (χ3v) is 4.71. The van der Waals surface area contributed by atoms with Crippen molar-refractivity contribution in [3.8, 4) is 11.5 Å². The molecule has 0 amide bonds. The van der Waals surface area contributed by atoms with Gasteiger partial charge in [-0.05, 0) is 30.2 Å². The van der Waals surface area contributed by atoms with Crippen LogP contribution in [0.4, 0.5) is 4.39 Å². The van der Waals surface area contributed by atoms with E-state index in [2.05, 4.69) is 15.6 Å². The summed E-state index contributed by atoms with van der Waals surface area (Å²) >= 11 is 0. The van der Waals surface area contributed by atoms with Crippen LogP contribution in [0, 0.1) is 5.82 Å². The second-order valence-electron chi connectivity index (χ2n) is 6.57. The number of guanidine groups is 1. The molecule has 1 saturated carbocycles. The first-order valence-electron chi connectivity index (χ1n) is 8.84. The van der Waals surface area contributed by atoms with Crippen molar-refractivity contribution in [1.29, 1.82) is 0 Å². The Morgan fingerprint density at radius 1 is 1.15 bits per heavy atom. The van der Waals surface area contributed by atoms with E-state index in [1.165, 1.54) is 6.07 Å². The molecule has 6 heteroatoms. The van der Waals surface area contributed by atoms with E-state index in [-0.39, 0.29) is 23.9 Å². The highest BCUT2D eigenvalue weighted by molar-refractivity contribution is 5.80. The quantitative estimate of drug-likeness (QED) is 0.654. The SMILES string of the molecule is CN=C(NCC1COc2ccccc2O1)NC1CC1c1ccccc1F. The summed E-state index contributed by atoms with van der Waals surface area (Å²) in [7, 11) is 1.73. The van der Waals surface area contributed by atoms with Gasteiger partial charge in [0.25, 0.3) is 0 Å². The smallest absolute Gasteiger partial charge is 0.191 e. The van der Waals surface area contributed by atoms with Gasteiger partial charge >= 0.3 is 0 Å². The molecule has 1 aliphatic heterocycles. The molecule has 1 aliphatic carbocycles.